The molecular weight excluding hydrogens is 286 g/mol. The molecule has 0 aliphatic carbocycles. The third-order valence-electron chi connectivity index (χ3n) is 4.89. The quantitative estimate of drug-likeness (QED) is 0.869. The van der Waals surface area contributed by atoms with Crippen molar-refractivity contribution in [2.24, 2.45) is 0 Å². The van der Waals surface area contributed by atoms with Crippen LogP contribution >= 0.6 is 0 Å². The highest BCUT2D eigenvalue weighted by Gasteiger charge is 2.30. The smallest absolute Gasteiger partial charge is 0.227 e. The van der Waals surface area contributed by atoms with Gasteiger partial charge in [0.1, 0.15) is 5.82 Å². The summed E-state index contributed by atoms with van der Waals surface area (Å²) >= 11 is 0. The minimum Gasteiger partial charge on any atom is -0.355 e. The van der Waals surface area contributed by atoms with E-state index in [2.05, 4.69) is 39.9 Å². The van der Waals surface area contributed by atoms with Crippen LogP contribution in [0.4, 0.5) is 11.8 Å². The van der Waals surface area contributed by atoms with E-state index in [1.54, 1.807) is 0 Å². The lowest BCUT2D eigenvalue weighted by molar-refractivity contribution is 0.518. The van der Waals surface area contributed by atoms with Crippen LogP contribution in [0.5, 0.6) is 0 Å². The first-order chi connectivity index (χ1) is 11.3. The molecule has 0 spiro atoms. The van der Waals surface area contributed by atoms with Gasteiger partial charge in [-0.05, 0) is 37.0 Å². The van der Waals surface area contributed by atoms with Crippen LogP contribution in [-0.4, -0.2) is 41.1 Å². The Morgan fingerprint density at radius 1 is 1.04 bits per heavy atom. The van der Waals surface area contributed by atoms with Gasteiger partial charge in [-0.25, -0.2) is 4.98 Å². The third kappa shape index (κ3) is 2.87. The van der Waals surface area contributed by atoms with Crippen LogP contribution in [-0.2, 0) is 6.42 Å². The van der Waals surface area contributed by atoms with Gasteiger partial charge >= 0.3 is 0 Å². The lowest BCUT2D eigenvalue weighted by atomic mass is 9.92. The normalized spacial score (nSPS) is 18.3. The van der Waals surface area contributed by atoms with Crippen molar-refractivity contribution in [3.8, 4) is 0 Å². The Kier molecular flexibility index (Phi) is 3.85. The van der Waals surface area contributed by atoms with E-state index in [1.165, 1.54) is 18.4 Å². The van der Waals surface area contributed by atoms with Crippen molar-refractivity contribution < 1.29 is 0 Å². The zero-order valence-electron chi connectivity index (χ0n) is 13.6. The van der Waals surface area contributed by atoms with E-state index >= 15 is 0 Å². The first-order valence-electron chi connectivity index (χ1n) is 8.61. The number of hydrogen-bond donors (Lipinski definition) is 0. The molecule has 2 aromatic rings. The predicted octanol–water partition coefficient (Wildman–Crippen LogP) is 2.64. The van der Waals surface area contributed by atoms with Gasteiger partial charge in [0.2, 0.25) is 5.95 Å². The summed E-state index contributed by atoms with van der Waals surface area (Å²) in [6.45, 7) is 6.40. The Balaban J connectivity index is 1.52. The number of aryl methyl sites for hydroxylation is 1. The summed E-state index contributed by atoms with van der Waals surface area (Å²) in [5.74, 6) is 2.60. The Morgan fingerprint density at radius 3 is 2.48 bits per heavy atom. The molecular formula is C18H23N5. The van der Waals surface area contributed by atoms with Crippen LogP contribution in [0.15, 0.2) is 30.6 Å². The average molecular weight is 309 g/mol. The fraction of sp³-hybridized carbons (Fsp3) is 0.500. The van der Waals surface area contributed by atoms with Crippen LogP contribution in [0.2, 0.25) is 0 Å². The van der Waals surface area contributed by atoms with E-state index in [9.17, 15) is 0 Å². The van der Waals surface area contributed by atoms with Gasteiger partial charge in [0, 0.05) is 56.3 Å². The molecule has 2 saturated heterocycles. The molecule has 0 radical (unpaired) electrons. The van der Waals surface area contributed by atoms with E-state index in [0.29, 0.717) is 5.92 Å². The van der Waals surface area contributed by atoms with Gasteiger partial charge in [-0.2, -0.15) is 4.98 Å². The van der Waals surface area contributed by atoms with Crippen molar-refractivity contribution in [3.05, 3.63) is 41.9 Å². The maximum absolute atomic E-state index is 4.84. The summed E-state index contributed by atoms with van der Waals surface area (Å²) in [6.07, 6.45) is 7.22. The lowest BCUT2D eigenvalue weighted by Gasteiger charge is -2.40. The van der Waals surface area contributed by atoms with Crippen molar-refractivity contribution >= 4 is 11.8 Å². The van der Waals surface area contributed by atoms with E-state index in [4.69, 9.17) is 9.97 Å². The number of nitrogens with zero attached hydrogens (tertiary/aromatic N) is 5. The fourth-order valence-electron chi connectivity index (χ4n) is 3.38. The van der Waals surface area contributed by atoms with Gasteiger partial charge in [0.15, 0.2) is 0 Å². The van der Waals surface area contributed by atoms with Crippen LogP contribution in [0.3, 0.4) is 0 Å². The van der Waals surface area contributed by atoms with Crippen molar-refractivity contribution in [3.63, 3.8) is 0 Å². The summed E-state index contributed by atoms with van der Waals surface area (Å²) in [4.78, 5) is 18.4. The van der Waals surface area contributed by atoms with Gasteiger partial charge in [-0.1, -0.05) is 6.92 Å². The summed E-state index contributed by atoms with van der Waals surface area (Å²) < 4.78 is 0. The van der Waals surface area contributed by atoms with Crippen LogP contribution in [0, 0.1) is 0 Å². The lowest BCUT2D eigenvalue weighted by Crippen LogP contribution is -2.45. The topological polar surface area (TPSA) is 45.2 Å². The molecule has 2 aromatic heterocycles. The SMILES string of the molecule is CCc1cc(N2CC(c3ccncc3)C2)nc(N2CCCC2)n1. The van der Waals surface area contributed by atoms with Crippen molar-refractivity contribution in [2.75, 3.05) is 36.0 Å². The Morgan fingerprint density at radius 2 is 1.78 bits per heavy atom. The molecule has 4 rings (SSSR count). The first kappa shape index (κ1) is 14.4. The molecule has 120 valence electrons. The maximum Gasteiger partial charge on any atom is 0.227 e. The van der Waals surface area contributed by atoms with E-state index in [-0.39, 0.29) is 0 Å². The largest absolute Gasteiger partial charge is 0.355 e. The average Bonchev–Trinajstić information content (AvgIpc) is 3.09. The summed E-state index contributed by atoms with van der Waals surface area (Å²) in [5.41, 5.74) is 2.52. The second-order valence-electron chi connectivity index (χ2n) is 6.45. The monoisotopic (exact) mass is 309 g/mol. The molecule has 5 nitrogen and oxygen atoms in total. The fourth-order valence-corrected chi connectivity index (χ4v) is 3.38. The van der Waals surface area contributed by atoms with Gasteiger partial charge < -0.3 is 9.80 Å². The van der Waals surface area contributed by atoms with E-state index in [0.717, 1.165) is 50.1 Å². The predicted molar refractivity (Wildman–Crippen MR) is 92.0 cm³/mol. The highest BCUT2D eigenvalue weighted by Crippen LogP contribution is 2.31. The van der Waals surface area contributed by atoms with Gasteiger partial charge in [-0.15, -0.1) is 0 Å². The number of aromatic nitrogens is 3. The van der Waals surface area contributed by atoms with E-state index < -0.39 is 0 Å². The number of anilines is 2. The molecule has 4 heterocycles. The zero-order valence-corrected chi connectivity index (χ0v) is 13.6. The Bertz CT molecular complexity index is 660. The van der Waals surface area contributed by atoms with Crippen molar-refractivity contribution in [1.29, 1.82) is 0 Å². The summed E-state index contributed by atoms with van der Waals surface area (Å²) in [7, 11) is 0. The van der Waals surface area contributed by atoms with E-state index in [1.807, 2.05) is 12.4 Å². The van der Waals surface area contributed by atoms with Gasteiger partial charge in [0.05, 0.1) is 0 Å². The van der Waals surface area contributed by atoms with Gasteiger partial charge in [0.25, 0.3) is 0 Å². The molecule has 0 aromatic carbocycles. The van der Waals surface area contributed by atoms with Gasteiger partial charge in [-0.3, -0.25) is 4.98 Å². The number of rotatable bonds is 4. The third-order valence-corrected chi connectivity index (χ3v) is 4.89. The summed E-state index contributed by atoms with van der Waals surface area (Å²) in [6, 6.07) is 6.40. The minimum atomic E-state index is 0.591. The van der Waals surface area contributed by atoms with Crippen LogP contribution in [0.1, 0.15) is 36.9 Å². The Hall–Kier alpha value is -2.17. The standard InChI is InChI=1S/C18H23N5/c1-2-16-11-17(21-18(20-16)22-9-3-4-10-22)23-12-15(13-23)14-5-7-19-8-6-14/h5-8,11,15H,2-4,9-10,12-13H2,1H3. The molecule has 23 heavy (non-hydrogen) atoms. The molecule has 2 aliphatic heterocycles. The van der Waals surface area contributed by atoms with Crippen molar-refractivity contribution in [2.45, 2.75) is 32.1 Å². The van der Waals surface area contributed by atoms with Crippen LogP contribution in [0.25, 0.3) is 0 Å². The number of pyridine rings is 1. The second kappa shape index (κ2) is 6.14. The second-order valence-corrected chi connectivity index (χ2v) is 6.45. The highest BCUT2D eigenvalue weighted by molar-refractivity contribution is 5.50. The first-order valence-corrected chi connectivity index (χ1v) is 8.61. The molecule has 2 aliphatic rings. The summed E-state index contributed by atoms with van der Waals surface area (Å²) in [5, 5.41) is 0. The Labute approximate surface area is 137 Å². The molecule has 0 N–H and O–H groups in total. The molecule has 0 saturated carbocycles. The molecule has 0 atom stereocenters. The maximum atomic E-state index is 4.84. The molecule has 0 bridgehead atoms. The highest BCUT2D eigenvalue weighted by atomic mass is 15.3. The molecule has 0 unspecified atom stereocenters. The molecule has 5 heteroatoms. The molecule has 2 fully saturated rings. The van der Waals surface area contributed by atoms with Crippen molar-refractivity contribution in [1.82, 2.24) is 15.0 Å². The zero-order chi connectivity index (χ0) is 15.6. The number of hydrogen-bond acceptors (Lipinski definition) is 5. The molecule has 0 amide bonds. The minimum absolute atomic E-state index is 0.591. The van der Waals surface area contributed by atoms with Crippen LogP contribution < -0.4 is 9.80 Å².